The zero-order valence-electron chi connectivity index (χ0n) is 17.2. The molecule has 4 aliphatic rings. The highest BCUT2D eigenvalue weighted by atomic mass is 16.3. The number of rotatable bonds is 3. The number of nitrogens with zero attached hydrogens (tertiary/aromatic N) is 2. The van der Waals surface area contributed by atoms with E-state index in [0.717, 1.165) is 42.9 Å². The molecule has 2 aliphatic heterocycles. The smallest absolute Gasteiger partial charge is 0.409 e. The quantitative estimate of drug-likeness (QED) is 0.683. The molecule has 1 aromatic rings. The van der Waals surface area contributed by atoms with Gasteiger partial charge in [-0.25, -0.2) is 0 Å². The minimum atomic E-state index is -0.498. The van der Waals surface area contributed by atoms with Crippen LogP contribution < -0.4 is 4.81 Å². The van der Waals surface area contributed by atoms with Crippen LogP contribution in [-0.2, 0) is 4.79 Å². The van der Waals surface area contributed by atoms with Gasteiger partial charge >= 0.3 is 14.1 Å². The fraction of sp³-hybridized carbons (Fsp3) is 0.476. The average Bonchev–Trinajstić information content (AvgIpc) is 3.09. The summed E-state index contributed by atoms with van der Waals surface area (Å²) in [7, 11) is -0.979. The number of ketones is 1. The molecule has 2 fully saturated rings. The summed E-state index contributed by atoms with van der Waals surface area (Å²) in [6.07, 6.45) is 7.38. The first kappa shape index (κ1) is 20.1. The molecular formula is C21H28B2N2O4. The normalized spacial score (nSPS) is 28.2. The Bertz CT molecular complexity index is 885. The second kappa shape index (κ2) is 7.26. The minimum Gasteiger partial charge on any atom is -0.508 e. The Morgan fingerprint density at radius 2 is 1.90 bits per heavy atom. The summed E-state index contributed by atoms with van der Waals surface area (Å²) in [5, 5.41) is 29.0. The molecule has 1 spiro atoms. The third-order valence-electron chi connectivity index (χ3n) is 6.82. The Labute approximate surface area is 172 Å². The van der Waals surface area contributed by atoms with E-state index >= 15 is 0 Å². The molecule has 0 bridgehead atoms. The van der Waals surface area contributed by atoms with Gasteiger partial charge in [0.15, 0.2) is 5.78 Å². The number of phenolic OH excluding ortho intramolecular Hbond substituents is 1. The van der Waals surface area contributed by atoms with E-state index in [4.69, 9.17) is 0 Å². The molecule has 1 saturated carbocycles. The molecule has 2 aliphatic carbocycles. The lowest BCUT2D eigenvalue weighted by Gasteiger charge is -2.27. The predicted octanol–water partition coefficient (Wildman–Crippen LogP) is 2.26. The lowest BCUT2D eigenvalue weighted by atomic mass is 9.82. The monoisotopic (exact) mass is 394 g/mol. The van der Waals surface area contributed by atoms with Crippen LogP contribution in [0.1, 0.15) is 31.2 Å². The van der Waals surface area contributed by atoms with Gasteiger partial charge < -0.3 is 24.8 Å². The summed E-state index contributed by atoms with van der Waals surface area (Å²) in [6.45, 7) is 7.23. The standard InChI is InChI=1S/C11H16BNO2.C10H12BNO2/c1-3-8-7-13(12(2)15)9-5-4-6-10(14)11(8)9;1-11(14)12-6-7-5-10(7)8(12)3-2-4-9(10)13/h4-6,8,14-15H,3,7H2,1-2H3;2-4,7,14H,5-6H2,1H3. The first-order valence-electron chi connectivity index (χ1n) is 10.5. The molecule has 5 rings (SSSR count). The first-order chi connectivity index (χ1) is 13.8. The van der Waals surface area contributed by atoms with Crippen LogP contribution in [0.3, 0.4) is 0 Å². The summed E-state index contributed by atoms with van der Waals surface area (Å²) in [4.78, 5) is 15.6. The van der Waals surface area contributed by atoms with Gasteiger partial charge in [0.1, 0.15) is 5.75 Å². The number of hydrogen-bond donors (Lipinski definition) is 3. The van der Waals surface area contributed by atoms with Crippen molar-refractivity contribution in [2.75, 3.05) is 17.9 Å². The second-order valence-electron chi connectivity index (χ2n) is 8.53. The number of aromatic hydroxyl groups is 1. The third kappa shape index (κ3) is 3.09. The van der Waals surface area contributed by atoms with E-state index in [1.807, 2.05) is 27.8 Å². The topological polar surface area (TPSA) is 84.2 Å². The van der Waals surface area contributed by atoms with Crippen molar-refractivity contribution < 1.29 is 19.9 Å². The molecule has 0 aromatic heterocycles. The molecule has 8 heteroatoms. The van der Waals surface area contributed by atoms with E-state index in [1.54, 1.807) is 31.9 Å². The van der Waals surface area contributed by atoms with Crippen LogP contribution >= 0.6 is 0 Å². The summed E-state index contributed by atoms with van der Waals surface area (Å²) in [5.41, 5.74) is 2.76. The van der Waals surface area contributed by atoms with Gasteiger partial charge in [0.05, 0.1) is 5.41 Å². The molecule has 3 atom stereocenters. The van der Waals surface area contributed by atoms with Gasteiger partial charge in [-0.1, -0.05) is 19.1 Å². The van der Waals surface area contributed by atoms with Crippen LogP contribution in [0.5, 0.6) is 5.75 Å². The molecule has 29 heavy (non-hydrogen) atoms. The molecular weight excluding hydrogens is 366 g/mol. The largest absolute Gasteiger partial charge is 0.508 e. The highest BCUT2D eigenvalue weighted by Crippen LogP contribution is 2.65. The number of phenols is 1. The van der Waals surface area contributed by atoms with Crippen LogP contribution in [0.4, 0.5) is 5.69 Å². The van der Waals surface area contributed by atoms with Crippen molar-refractivity contribution in [2.24, 2.45) is 11.3 Å². The van der Waals surface area contributed by atoms with Crippen molar-refractivity contribution in [1.82, 2.24) is 4.81 Å². The van der Waals surface area contributed by atoms with Crippen LogP contribution in [0.25, 0.3) is 0 Å². The zero-order chi connectivity index (χ0) is 20.9. The van der Waals surface area contributed by atoms with E-state index < -0.39 is 14.1 Å². The van der Waals surface area contributed by atoms with Gasteiger partial charge in [-0.2, -0.15) is 0 Å². The Hall–Kier alpha value is -2.18. The van der Waals surface area contributed by atoms with Crippen molar-refractivity contribution in [3.63, 3.8) is 0 Å². The molecule has 0 amide bonds. The molecule has 1 aromatic carbocycles. The molecule has 6 nitrogen and oxygen atoms in total. The second-order valence-corrected chi connectivity index (χ2v) is 8.53. The Morgan fingerprint density at radius 3 is 2.55 bits per heavy atom. The van der Waals surface area contributed by atoms with Crippen molar-refractivity contribution in [1.29, 1.82) is 0 Å². The third-order valence-corrected chi connectivity index (χ3v) is 6.82. The van der Waals surface area contributed by atoms with Gasteiger partial charge in [-0.05, 0) is 56.7 Å². The number of piperidine rings is 1. The molecule has 3 unspecified atom stereocenters. The maximum absolute atomic E-state index is 11.8. The maximum atomic E-state index is 11.8. The van der Waals surface area contributed by atoms with E-state index in [-0.39, 0.29) is 11.2 Å². The molecule has 1 saturated heterocycles. The summed E-state index contributed by atoms with van der Waals surface area (Å²) in [5.74, 6) is 1.35. The highest BCUT2D eigenvalue weighted by molar-refractivity contribution is 6.54. The van der Waals surface area contributed by atoms with Crippen LogP contribution in [0, 0.1) is 11.3 Å². The molecule has 0 radical (unpaired) electrons. The lowest BCUT2D eigenvalue weighted by Crippen LogP contribution is -2.37. The van der Waals surface area contributed by atoms with Crippen LogP contribution in [0.15, 0.2) is 42.1 Å². The Kier molecular flexibility index (Phi) is 5.03. The molecule has 152 valence electrons. The SMILES string of the molecule is CB(O)N1CC2CC23C(=O)C=CC=C13.CCC1CN(B(C)O)c2cccc(O)c21. The fourth-order valence-corrected chi connectivity index (χ4v) is 5.18. The number of carbonyl (C=O) groups is 1. The van der Waals surface area contributed by atoms with E-state index in [2.05, 4.69) is 6.92 Å². The van der Waals surface area contributed by atoms with E-state index in [0.29, 0.717) is 17.6 Å². The number of hydrogen-bond acceptors (Lipinski definition) is 6. The lowest BCUT2D eigenvalue weighted by molar-refractivity contribution is -0.118. The predicted molar refractivity (Wildman–Crippen MR) is 116 cm³/mol. The van der Waals surface area contributed by atoms with Crippen LogP contribution in [-0.4, -0.2) is 52.9 Å². The number of carbonyl (C=O) groups excluding carboxylic acids is 1. The number of benzene rings is 1. The fourth-order valence-electron chi connectivity index (χ4n) is 5.18. The first-order valence-corrected chi connectivity index (χ1v) is 10.5. The van der Waals surface area contributed by atoms with Gasteiger partial charge in [-0.15, -0.1) is 0 Å². The summed E-state index contributed by atoms with van der Waals surface area (Å²) in [6, 6.07) is 5.49. The van der Waals surface area contributed by atoms with E-state index in [9.17, 15) is 19.9 Å². The van der Waals surface area contributed by atoms with Crippen LogP contribution in [0.2, 0.25) is 13.6 Å². The summed E-state index contributed by atoms with van der Waals surface area (Å²) < 4.78 is 0. The molecule has 3 N–H and O–H groups in total. The average molecular weight is 394 g/mol. The molecule has 2 heterocycles. The van der Waals surface area contributed by atoms with Gasteiger partial charge in [-0.3, -0.25) is 4.79 Å². The summed E-state index contributed by atoms with van der Waals surface area (Å²) >= 11 is 0. The maximum Gasteiger partial charge on any atom is 0.409 e. The van der Waals surface area contributed by atoms with E-state index in [1.165, 1.54) is 0 Å². The van der Waals surface area contributed by atoms with Crippen molar-refractivity contribution >= 4 is 25.6 Å². The van der Waals surface area contributed by atoms with Crippen molar-refractivity contribution in [3.8, 4) is 5.75 Å². The minimum absolute atomic E-state index is 0.225. The Balaban J connectivity index is 0.000000141. The number of fused-ring (bicyclic) bond motifs is 1. The van der Waals surface area contributed by atoms with Gasteiger partial charge in [0, 0.05) is 36.0 Å². The highest BCUT2D eigenvalue weighted by Gasteiger charge is 2.67. The Morgan fingerprint density at radius 1 is 1.17 bits per heavy atom. The zero-order valence-corrected chi connectivity index (χ0v) is 17.2. The van der Waals surface area contributed by atoms with Crippen molar-refractivity contribution in [2.45, 2.75) is 39.3 Å². The van der Waals surface area contributed by atoms with Gasteiger partial charge in [0.2, 0.25) is 0 Å². The van der Waals surface area contributed by atoms with Crippen molar-refractivity contribution in [3.05, 3.63) is 47.7 Å². The number of anilines is 1. The van der Waals surface area contributed by atoms with Gasteiger partial charge in [0.25, 0.3) is 0 Å². The number of allylic oxidation sites excluding steroid dienone is 4.